The molecule has 45 heavy (non-hydrogen) atoms. The average molecular weight is 632 g/mol. The van der Waals surface area contributed by atoms with Gasteiger partial charge in [-0.05, 0) is 92.4 Å². The van der Waals surface area contributed by atoms with Crippen LogP contribution in [0.5, 0.6) is 5.75 Å². The highest BCUT2D eigenvalue weighted by molar-refractivity contribution is 7.06. The van der Waals surface area contributed by atoms with Crippen molar-refractivity contribution < 1.29 is 33.4 Å². The molecule has 4 atom stereocenters. The van der Waals surface area contributed by atoms with Gasteiger partial charge in [0.15, 0.2) is 0 Å². The third kappa shape index (κ3) is 7.36. The molecule has 1 aromatic heterocycles. The fourth-order valence-corrected chi connectivity index (χ4v) is 6.47. The number of benzene rings is 2. The van der Waals surface area contributed by atoms with Gasteiger partial charge in [-0.2, -0.15) is 0 Å². The minimum atomic E-state index is -0.488. The summed E-state index contributed by atoms with van der Waals surface area (Å²) in [7, 11) is 0. The van der Waals surface area contributed by atoms with Crippen molar-refractivity contribution in [3.63, 3.8) is 0 Å². The number of aryl methyl sites for hydroxylation is 1. The van der Waals surface area contributed by atoms with Gasteiger partial charge in [-0.15, -0.1) is 0 Å². The third-order valence-electron chi connectivity index (χ3n) is 8.65. The summed E-state index contributed by atoms with van der Waals surface area (Å²) in [5, 5.41) is 3.08. The molecule has 3 aliphatic rings. The Morgan fingerprint density at radius 3 is 2.47 bits per heavy atom. The average Bonchev–Trinajstić information content (AvgIpc) is 3.66. The Morgan fingerprint density at radius 1 is 1.07 bits per heavy atom. The molecular formula is C34H37N3O7S. The third-order valence-corrected chi connectivity index (χ3v) is 9.35. The van der Waals surface area contributed by atoms with E-state index in [1.165, 1.54) is 29.9 Å². The van der Waals surface area contributed by atoms with E-state index in [1.54, 1.807) is 35.4 Å². The Bertz CT molecular complexity index is 1550. The van der Waals surface area contributed by atoms with Crippen LogP contribution in [-0.2, 0) is 19.1 Å². The first-order valence-electron chi connectivity index (χ1n) is 15.5. The van der Waals surface area contributed by atoms with Crippen LogP contribution in [0, 0.1) is 12.8 Å². The SMILES string of the molecule is Cc1sncc1C(=O)NC(C)C(Oc1ccc(C(=O)O[C@H]2CCCN(C(=O)[C@H]3COC(=O)C3)C2)cc1)c1ccc(C2CC2)cc1. The van der Waals surface area contributed by atoms with Crippen molar-refractivity contribution in [2.45, 2.75) is 70.1 Å². The van der Waals surface area contributed by atoms with Gasteiger partial charge in [-0.1, -0.05) is 24.3 Å². The summed E-state index contributed by atoms with van der Waals surface area (Å²) in [6.07, 6.45) is 4.54. The fourth-order valence-electron chi connectivity index (χ4n) is 5.91. The molecule has 2 unspecified atom stereocenters. The standard InChI is InChI=1S/C34H37N3O7S/c1-20(36-32(39)29-17-35-45-21(29)2)31(24-9-7-23(8-10-24)22-5-6-22)43-27-13-11-25(12-14-27)34(41)44-28-4-3-15-37(18-28)33(40)26-16-30(38)42-19-26/h7-14,17,20,22,26,28,31H,3-6,15-16,18-19H2,1-2H3,(H,36,39)/t20?,26-,28+,31?/m1/s1. The molecule has 3 heterocycles. The van der Waals surface area contributed by atoms with Crippen molar-refractivity contribution >= 4 is 35.3 Å². The molecule has 2 aromatic carbocycles. The number of hydrogen-bond acceptors (Lipinski definition) is 9. The normalized spacial score (nSPS) is 21.0. The van der Waals surface area contributed by atoms with Gasteiger partial charge in [-0.25, -0.2) is 9.17 Å². The molecule has 10 nitrogen and oxygen atoms in total. The van der Waals surface area contributed by atoms with Crippen LogP contribution < -0.4 is 10.1 Å². The molecule has 2 saturated heterocycles. The summed E-state index contributed by atoms with van der Waals surface area (Å²) in [5.41, 5.74) is 3.16. The Labute approximate surface area is 266 Å². The van der Waals surface area contributed by atoms with E-state index in [4.69, 9.17) is 14.2 Å². The van der Waals surface area contributed by atoms with Gasteiger partial charge in [0.2, 0.25) is 5.91 Å². The number of nitrogens with one attached hydrogen (secondary N) is 1. The van der Waals surface area contributed by atoms with Gasteiger partial charge in [0, 0.05) is 11.4 Å². The van der Waals surface area contributed by atoms with Crippen LogP contribution in [0.15, 0.2) is 54.7 Å². The summed E-state index contributed by atoms with van der Waals surface area (Å²) in [6, 6.07) is 14.7. The van der Waals surface area contributed by atoms with Crippen LogP contribution in [0.25, 0.3) is 0 Å². The molecule has 6 rings (SSSR count). The lowest BCUT2D eigenvalue weighted by Crippen LogP contribution is -2.46. The summed E-state index contributed by atoms with van der Waals surface area (Å²) in [4.78, 5) is 52.8. The van der Waals surface area contributed by atoms with E-state index < -0.39 is 24.1 Å². The number of ether oxygens (including phenoxy) is 3. The number of hydrogen-bond donors (Lipinski definition) is 1. The molecule has 3 fully saturated rings. The van der Waals surface area contributed by atoms with E-state index >= 15 is 0 Å². The first-order valence-corrected chi connectivity index (χ1v) is 16.3. The zero-order chi connectivity index (χ0) is 31.5. The van der Waals surface area contributed by atoms with Gasteiger partial charge in [0.05, 0.1) is 42.2 Å². The molecule has 2 amide bonds. The molecule has 1 saturated carbocycles. The maximum absolute atomic E-state index is 13.0. The quantitative estimate of drug-likeness (QED) is 0.311. The topological polar surface area (TPSA) is 124 Å². The Morgan fingerprint density at radius 2 is 1.82 bits per heavy atom. The summed E-state index contributed by atoms with van der Waals surface area (Å²) < 4.78 is 21.3. The number of carbonyl (C=O) groups is 4. The van der Waals surface area contributed by atoms with Gasteiger partial charge in [-0.3, -0.25) is 14.4 Å². The molecular weight excluding hydrogens is 594 g/mol. The van der Waals surface area contributed by atoms with Gasteiger partial charge in [0.25, 0.3) is 5.91 Å². The maximum Gasteiger partial charge on any atom is 0.338 e. The number of cyclic esters (lactones) is 1. The molecule has 0 spiro atoms. The predicted molar refractivity (Wildman–Crippen MR) is 166 cm³/mol. The van der Waals surface area contributed by atoms with Crippen molar-refractivity contribution in [2.24, 2.45) is 5.92 Å². The minimum Gasteiger partial charge on any atom is -0.484 e. The first kappa shape index (κ1) is 30.8. The molecule has 11 heteroatoms. The van der Waals surface area contributed by atoms with Crippen LogP contribution in [0.1, 0.15) is 87.8 Å². The largest absolute Gasteiger partial charge is 0.484 e. The van der Waals surface area contributed by atoms with Crippen LogP contribution in [0.3, 0.4) is 0 Å². The van der Waals surface area contributed by atoms with Crippen LogP contribution in [0.4, 0.5) is 0 Å². The van der Waals surface area contributed by atoms with E-state index in [2.05, 4.69) is 34.0 Å². The molecule has 3 aromatic rings. The van der Waals surface area contributed by atoms with E-state index in [9.17, 15) is 19.2 Å². The maximum atomic E-state index is 13.0. The van der Waals surface area contributed by atoms with E-state index in [0.717, 1.165) is 10.4 Å². The second-order valence-electron chi connectivity index (χ2n) is 12.1. The van der Waals surface area contributed by atoms with Crippen LogP contribution >= 0.6 is 11.5 Å². The Hall–Kier alpha value is -4.25. The van der Waals surface area contributed by atoms with Crippen LogP contribution in [-0.4, -0.2) is 64.9 Å². The monoisotopic (exact) mass is 631 g/mol. The molecule has 236 valence electrons. The highest BCUT2D eigenvalue weighted by atomic mass is 32.1. The number of piperidine rings is 1. The second kappa shape index (κ2) is 13.4. The zero-order valence-corrected chi connectivity index (χ0v) is 26.2. The fraction of sp³-hybridized carbons (Fsp3) is 0.441. The summed E-state index contributed by atoms with van der Waals surface area (Å²) in [5.74, 6) is -0.471. The van der Waals surface area contributed by atoms with Gasteiger partial charge in [0.1, 0.15) is 24.6 Å². The van der Waals surface area contributed by atoms with Crippen molar-refractivity contribution in [3.05, 3.63) is 81.9 Å². The van der Waals surface area contributed by atoms with Crippen molar-refractivity contribution in [1.29, 1.82) is 0 Å². The highest BCUT2D eigenvalue weighted by Gasteiger charge is 2.36. The number of likely N-dealkylation sites (tertiary alicyclic amines) is 1. The molecule has 1 aliphatic carbocycles. The van der Waals surface area contributed by atoms with Crippen molar-refractivity contribution in [3.8, 4) is 5.75 Å². The lowest BCUT2D eigenvalue weighted by atomic mass is 10.00. The smallest absolute Gasteiger partial charge is 0.338 e. The van der Waals surface area contributed by atoms with Crippen molar-refractivity contribution in [2.75, 3.05) is 19.7 Å². The summed E-state index contributed by atoms with van der Waals surface area (Å²) in [6.45, 7) is 4.75. The molecule has 1 N–H and O–H groups in total. The lowest BCUT2D eigenvalue weighted by molar-refractivity contribution is -0.139. The molecule has 0 radical (unpaired) electrons. The van der Waals surface area contributed by atoms with E-state index in [-0.39, 0.29) is 36.9 Å². The van der Waals surface area contributed by atoms with E-state index in [0.29, 0.717) is 48.7 Å². The van der Waals surface area contributed by atoms with Crippen molar-refractivity contribution in [1.82, 2.24) is 14.6 Å². The number of nitrogens with zero attached hydrogens (tertiary/aromatic N) is 2. The number of carbonyl (C=O) groups excluding carboxylic acids is 4. The Balaban J connectivity index is 1.10. The minimum absolute atomic E-state index is 0.0950. The first-order chi connectivity index (χ1) is 21.7. The van der Waals surface area contributed by atoms with Gasteiger partial charge < -0.3 is 24.4 Å². The van der Waals surface area contributed by atoms with E-state index in [1.807, 2.05) is 13.8 Å². The highest BCUT2D eigenvalue weighted by Crippen LogP contribution is 2.40. The number of esters is 2. The van der Waals surface area contributed by atoms with Crippen LogP contribution in [0.2, 0.25) is 0 Å². The number of amides is 2. The Kier molecular flexibility index (Phi) is 9.16. The molecule has 2 aliphatic heterocycles. The zero-order valence-electron chi connectivity index (χ0n) is 25.4. The number of rotatable bonds is 10. The summed E-state index contributed by atoms with van der Waals surface area (Å²) >= 11 is 1.29. The second-order valence-corrected chi connectivity index (χ2v) is 13.1. The lowest BCUT2D eigenvalue weighted by Gasteiger charge is -2.33. The number of aromatic nitrogens is 1. The predicted octanol–water partition coefficient (Wildman–Crippen LogP) is 4.98. The van der Waals surface area contributed by atoms with Gasteiger partial charge >= 0.3 is 11.9 Å². The molecule has 0 bridgehead atoms.